The van der Waals surface area contributed by atoms with Crippen LogP contribution in [-0.2, 0) is 23.8 Å². The van der Waals surface area contributed by atoms with Crippen LogP contribution in [0.1, 0.15) is 63.2 Å². The summed E-state index contributed by atoms with van der Waals surface area (Å²) in [6.07, 6.45) is 10.5. The average molecular weight is 625 g/mol. The predicted octanol–water partition coefficient (Wildman–Crippen LogP) is 5.02. The van der Waals surface area contributed by atoms with E-state index in [0.29, 0.717) is 23.8 Å². The zero-order valence-electron chi connectivity index (χ0n) is 26.1. The largest absolute Gasteiger partial charge is 0.463 e. The molecule has 44 heavy (non-hydrogen) atoms. The van der Waals surface area contributed by atoms with Crippen LogP contribution < -0.4 is 14.8 Å². The molecule has 10 nitrogen and oxygen atoms in total. The number of para-hydroxylation sites is 2. The maximum atomic E-state index is 13.7. The summed E-state index contributed by atoms with van der Waals surface area (Å²) in [5.74, 6) is -0.728. The molecule has 0 bridgehead atoms. The third-order valence-electron chi connectivity index (χ3n) is 7.60. The third-order valence-corrected chi connectivity index (χ3v) is 8.54. The van der Waals surface area contributed by atoms with Crippen molar-refractivity contribution in [3.63, 3.8) is 0 Å². The Kier molecular flexibility index (Phi) is 12.8. The van der Waals surface area contributed by atoms with Crippen molar-refractivity contribution in [2.45, 2.75) is 65.2 Å². The number of hydrogen-bond donors (Lipinski definition) is 0. The maximum Gasteiger partial charge on any atom is 0.423 e. The van der Waals surface area contributed by atoms with Gasteiger partial charge in [-0.15, -0.1) is 11.3 Å². The van der Waals surface area contributed by atoms with Crippen LogP contribution in [0, 0.1) is 6.92 Å². The number of unbranched alkanes of at least 4 members (excludes halogenated alkanes) is 7. The molecule has 1 saturated heterocycles. The summed E-state index contributed by atoms with van der Waals surface area (Å²) in [6.45, 7) is 7.05. The van der Waals surface area contributed by atoms with Crippen molar-refractivity contribution in [1.29, 1.82) is 0 Å². The van der Waals surface area contributed by atoms with Gasteiger partial charge in [-0.25, -0.2) is 24.3 Å². The van der Waals surface area contributed by atoms with Gasteiger partial charge in [-0.2, -0.15) is 0 Å². The highest BCUT2D eigenvalue weighted by Gasteiger charge is 2.32. The predicted molar refractivity (Wildman–Crippen MR) is 171 cm³/mol. The SMILES string of the molecule is CCCCCCCCCCOC(=O)/C=C/C(=O)OCOC(=O)N1C(N2CCN(C)CC2)=c2cc(C)sc2=Nc2ccccc21. The zero-order valence-corrected chi connectivity index (χ0v) is 26.9. The fraction of sp³-hybridized carbons (Fsp3) is 0.515. The Bertz CT molecular complexity index is 1430. The van der Waals surface area contributed by atoms with E-state index in [2.05, 4.69) is 23.8 Å². The quantitative estimate of drug-likeness (QED) is 0.125. The molecule has 1 aromatic carbocycles. The van der Waals surface area contributed by atoms with Gasteiger partial charge in [0.1, 0.15) is 10.5 Å². The van der Waals surface area contributed by atoms with Gasteiger partial charge in [-0.05, 0) is 38.6 Å². The monoisotopic (exact) mass is 624 g/mol. The smallest absolute Gasteiger partial charge is 0.423 e. The molecular formula is C33H44N4O6S. The fourth-order valence-corrected chi connectivity index (χ4v) is 6.08. The Morgan fingerprint density at radius 2 is 1.55 bits per heavy atom. The van der Waals surface area contributed by atoms with Gasteiger partial charge in [-0.1, -0.05) is 64.0 Å². The van der Waals surface area contributed by atoms with E-state index in [4.69, 9.17) is 19.2 Å². The van der Waals surface area contributed by atoms with Gasteiger partial charge in [-0.3, -0.25) is 0 Å². The number of amides is 1. The van der Waals surface area contributed by atoms with Gasteiger partial charge in [0.25, 0.3) is 0 Å². The van der Waals surface area contributed by atoms with E-state index in [1.54, 1.807) is 11.3 Å². The van der Waals surface area contributed by atoms with E-state index >= 15 is 0 Å². The lowest BCUT2D eigenvalue weighted by Crippen LogP contribution is -2.51. The molecule has 3 heterocycles. The molecule has 2 aromatic rings. The van der Waals surface area contributed by atoms with Crippen LogP contribution >= 0.6 is 11.3 Å². The second kappa shape index (κ2) is 17.0. The normalized spacial score (nSPS) is 14.9. The minimum atomic E-state index is -0.813. The Morgan fingerprint density at radius 1 is 0.886 bits per heavy atom. The molecule has 1 fully saturated rings. The van der Waals surface area contributed by atoms with Crippen LogP contribution in [0.25, 0.3) is 5.82 Å². The molecule has 0 saturated carbocycles. The molecule has 1 aromatic heterocycles. The van der Waals surface area contributed by atoms with Crippen LogP contribution in [0.3, 0.4) is 0 Å². The van der Waals surface area contributed by atoms with E-state index in [0.717, 1.165) is 72.4 Å². The summed E-state index contributed by atoms with van der Waals surface area (Å²) in [6, 6.07) is 9.45. The van der Waals surface area contributed by atoms with Crippen LogP contribution in [0.4, 0.5) is 16.2 Å². The highest BCUT2D eigenvalue weighted by molar-refractivity contribution is 7.09. The molecular weight excluding hydrogens is 580 g/mol. The number of carbonyl (C=O) groups excluding carboxylic acids is 3. The Labute approximate surface area is 263 Å². The average Bonchev–Trinajstić information content (AvgIpc) is 3.31. The number of ether oxygens (including phenoxy) is 3. The van der Waals surface area contributed by atoms with Crippen LogP contribution in [0.15, 0.2) is 47.5 Å². The molecule has 11 heteroatoms. The molecule has 2 aliphatic heterocycles. The molecule has 0 unspecified atom stereocenters. The van der Waals surface area contributed by atoms with E-state index < -0.39 is 24.8 Å². The van der Waals surface area contributed by atoms with E-state index in [1.807, 2.05) is 37.3 Å². The van der Waals surface area contributed by atoms with Crippen molar-refractivity contribution < 1.29 is 28.6 Å². The second-order valence-corrected chi connectivity index (χ2v) is 12.3. The molecule has 0 spiro atoms. The molecule has 238 valence electrons. The number of piperazine rings is 1. The van der Waals surface area contributed by atoms with E-state index in [9.17, 15) is 14.4 Å². The first-order valence-corrected chi connectivity index (χ1v) is 16.4. The third kappa shape index (κ3) is 9.40. The zero-order chi connectivity index (χ0) is 31.3. The van der Waals surface area contributed by atoms with E-state index in [1.165, 1.54) is 37.0 Å². The molecule has 0 N–H and O–H groups in total. The first-order valence-electron chi connectivity index (χ1n) is 15.6. The summed E-state index contributed by atoms with van der Waals surface area (Å²) >= 11 is 1.57. The minimum absolute atomic E-state index is 0.311. The number of likely N-dealkylation sites (N-methyl/N-ethyl adjacent to an activating group) is 1. The summed E-state index contributed by atoms with van der Waals surface area (Å²) in [4.78, 5) is 49.8. The fourth-order valence-electron chi connectivity index (χ4n) is 5.20. The molecule has 1 amide bonds. The molecule has 2 aliphatic rings. The molecule has 0 atom stereocenters. The van der Waals surface area contributed by atoms with Gasteiger partial charge >= 0.3 is 18.0 Å². The lowest BCUT2D eigenvalue weighted by molar-refractivity contribution is -0.146. The number of esters is 2. The van der Waals surface area contributed by atoms with Gasteiger partial charge in [0.05, 0.1) is 23.2 Å². The summed E-state index contributed by atoms with van der Waals surface area (Å²) in [7, 11) is 2.08. The summed E-state index contributed by atoms with van der Waals surface area (Å²) in [5, 5.41) is 0.857. The second-order valence-electron chi connectivity index (χ2n) is 11.1. The number of aryl methyl sites for hydroxylation is 1. The molecule has 0 aliphatic carbocycles. The number of hydrogen-bond acceptors (Lipinski definition) is 10. The van der Waals surface area contributed by atoms with Crippen LogP contribution in [0.2, 0.25) is 0 Å². The lowest BCUT2D eigenvalue weighted by atomic mass is 10.1. The Balaban J connectivity index is 1.33. The number of fused-ring (bicyclic) bond motifs is 2. The topological polar surface area (TPSA) is 101 Å². The minimum Gasteiger partial charge on any atom is -0.463 e. The van der Waals surface area contributed by atoms with Gasteiger partial charge < -0.3 is 24.0 Å². The highest BCUT2D eigenvalue weighted by Crippen LogP contribution is 2.34. The summed E-state index contributed by atoms with van der Waals surface area (Å²) < 4.78 is 16.5. The van der Waals surface area contributed by atoms with Gasteiger partial charge in [0.2, 0.25) is 6.79 Å². The van der Waals surface area contributed by atoms with Crippen LogP contribution in [0.5, 0.6) is 0 Å². The van der Waals surface area contributed by atoms with E-state index in [-0.39, 0.29) is 0 Å². The first-order chi connectivity index (χ1) is 21.4. The number of rotatable bonds is 14. The Morgan fingerprint density at radius 3 is 2.27 bits per heavy atom. The molecule has 0 radical (unpaired) electrons. The molecule has 4 rings (SSSR count). The van der Waals surface area contributed by atoms with Crippen molar-refractivity contribution in [1.82, 2.24) is 9.80 Å². The Hall–Kier alpha value is -3.70. The lowest BCUT2D eigenvalue weighted by Gasteiger charge is -2.38. The number of anilines is 1. The van der Waals surface area contributed by atoms with Crippen molar-refractivity contribution in [2.75, 3.05) is 51.5 Å². The summed E-state index contributed by atoms with van der Waals surface area (Å²) in [5.41, 5.74) is 1.22. The van der Waals surface area contributed by atoms with Crippen molar-refractivity contribution in [3.8, 4) is 0 Å². The number of benzene rings is 1. The van der Waals surface area contributed by atoms with Crippen molar-refractivity contribution in [3.05, 3.63) is 57.3 Å². The van der Waals surface area contributed by atoms with Gasteiger partial charge in [0, 0.05) is 43.2 Å². The number of nitrogens with zero attached hydrogens (tertiary/aromatic N) is 4. The van der Waals surface area contributed by atoms with Crippen molar-refractivity contribution >= 4 is 46.6 Å². The number of carbonyl (C=O) groups is 3. The van der Waals surface area contributed by atoms with Crippen LogP contribution in [-0.4, -0.2) is 74.5 Å². The number of thiophene rings is 1. The standard InChI is InChI=1S/C33H44N4O6S/c1-4-5-6-7-8-9-10-13-22-41-29(38)16-17-30(39)42-24-43-33(40)37-28-15-12-11-14-27(28)34-31-26(23-25(2)44-31)32(37)36-20-18-35(3)19-21-36/h11-12,14-17,23H,4-10,13,18-22,24H2,1-3H3/b17-16+. The maximum absolute atomic E-state index is 13.7. The first kappa shape index (κ1) is 33.2. The van der Waals surface area contributed by atoms with Gasteiger partial charge in [0.15, 0.2) is 0 Å². The highest BCUT2D eigenvalue weighted by atomic mass is 32.1. The van der Waals surface area contributed by atoms with Crippen molar-refractivity contribution in [2.24, 2.45) is 4.99 Å².